The van der Waals surface area contributed by atoms with Crippen LogP contribution in [-0.4, -0.2) is 10.8 Å². The third-order valence-corrected chi connectivity index (χ3v) is 2.37. The molecule has 1 aromatic carbocycles. The molecule has 0 aliphatic heterocycles. The van der Waals surface area contributed by atoms with E-state index in [0.717, 1.165) is 10.9 Å². The van der Waals surface area contributed by atoms with Crippen molar-refractivity contribution in [2.24, 2.45) is 0 Å². The molecule has 0 spiro atoms. The first kappa shape index (κ1) is 10.4. The first-order valence-corrected chi connectivity index (χ1v) is 5.09. The number of hydrogen-bond donors (Lipinski definition) is 0. The molecule has 0 amide bonds. The van der Waals surface area contributed by atoms with E-state index in [1.54, 1.807) is 13.1 Å². The molecule has 1 aromatic heterocycles. The summed E-state index contributed by atoms with van der Waals surface area (Å²) in [6, 6.07) is 9.32. The molecule has 0 saturated carbocycles. The molecule has 16 heavy (non-hydrogen) atoms. The number of benzene rings is 1. The SMILES string of the molecule is CC#CCC(=O)c1cccc2ncccc12. The van der Waals surface area contributed by atoms with Crippen molar-refractivity contribution in [3.05, 3.63) is 42.1 Å². The molecule has 2 aromatic rings. The van der Waals surface area contributed by atoms with E-state index in [1.807, 2.05) is 30.3 Å². The Morgan fingerprint density at radius 3 is 3.00 bits per heavy atom. The van der Waals surface area contributed by atoms with Crippen LogP contribution in [0.5, 0.6) is 0 Å². The van der Waals surface area contributed by atoms with Gasteiger partial charge in [0.25, 0.3) is 0 Å². The topological polar surface area (TPSA) is 30.0 Å². The molecule has 78 valence electrons. The van der Waals surface area contributed by atoms with Crippen molar-refractivity contribution in [3.63, 3.8) is 0 Å². The molecule has 1 heterocycles. The Morgan fingerprint density at radius 2 is 2.19 bits per heavy atom. The van der Waals surface area contributed by atoms with Crippen LogP contribution >= 0.6 is 0 Å². The summed E-state index contributed by atoms with van der Waals surface area (Å²) in [6.07, 6.45) is 1.99. The van der Waals surface area contributed by atoms with Gasteiger partial charge in [0.05, 0.1) is 11.9 Å². The number of fused-ring (bicyclic) bond motifs is 1. The lowest BCUT2D eigenvalue weighted by Gasteiger charge is -2.02. The molecule has 0 N–H and O–H groups in total. The van der Waals surface area contributed by atoms with Crippen molar-refractivity contribution in [2.75, 3.05) is 0 Å². The summed E-state index contributed by atoms with van der Waals surface area (Å²) >= 11 is 0. The van der Waals surface area contributed by atoms with Crippen LogP contribution in [0, 0.1) is 11.8 Å². The molecule has 2 heteroatoms. The van der Waals surface area contributed by atoms with Gasteiger partial charge in [-0.2, -0.15) is 0 Å². The maximum Gasteiger partial charge on any atom is 0.175 e. The summed E-state index contributed by atoms with van der Waals surface area (Å²) in [6.45, 7) is 1.73. The van der Waals surface area contributed by atoms with Crippen molar-refractivity contribution in [1.29, 1.82) is 0 Å². The number of ketones is 1. The lowest BCUT2D eigenvalue weighted by atomic mass is 10.0. The lowest BCUT2D eigenvalue weighted by Crippen LogP contribution is -1.98. The Kier molecular flexibility index (Phi) is 2.98. The highest BCUT2D eigenvalue weighted by Gasteiger charge is 2.08. The van der Waals surface area contributed by atoms with Gasteiger partial charge in [-0.25, -0.2) is 0 Å². The number of aromatic nitrogens is 1. The van der Waals surface area contributed by atoms with Gasteiger partial charge in [-0.3, -0.25) is 9.78 Å². The quantitative estimate of drug-likeness (QED) is 0.562. The molecule has 0 aliphatic rings. The van der Waals surface area contributed by atoms with Crippen LogP contribution in [0.4, 0.5) is 0 Å². The monoisotopic (exact) mass is 209 g/mol. The van der Waals surface area contributed by atoms with Crippen molar-refractivity contribution < 1.29 is 4.79 Å². The lowest BCUT2D eigenvalue weighted by molar-refractivity contribution is 0.0999. The number of pyridine rings is 1. The van der Waals surface area contributed by atoms with Crippen molar-refractivity contribution in [1.82, 2.24) is 4.98 Å². The van der Waals surface area contributed by atoms with E-state index in [4.69, 9.17) is 0 Å². The van der Waals surface area contributed by atoms with E-state index >= 15 is 0 Å². The fourth-order valence-electron chi connectivity index (χ4n) is 1.61. The average molecular weight is 209 g/mol. The van der Waals surface area contributed by atoms with Gasteiger partial charge in [0.2, 0.25) is 0 Å². The Balaban J connectivity index is 2.50. The summed E-state index contributed by atoms with van der Waals surface area (Å²) in [7, 11) is 0. The predicted molar refractivity (Wildman–Crippen MR) is 64.1 cm³/mol. The maximum atomic E-state index is 11.9. The smallest absolute Gasteiger partial charge is 0.175 e. The Morgan fingerprint density at radius 1 is 1.31 bits per heavy atom. The Hall–Kier alpha value is -2.14. The van der Waals surface area contributed by atoms with E-state index in [1.165, 1.54) is 0 Å². The van der Waals surface area contributed by atoms with Gasteiger partial charge in [-0.05, 0) is 19.1 Å². The summed E-state index contributed by atoms with van der Waals surface area (Å²) in [5.41, 5.74) is 1.55. The number of nitrogens with zero attached hydrogens (tertiary/aromatic N) is 1. The zero-order chi connectivity index (χ0) is 11.4. The van der Waals surface area contributed by atoms with Crippen LogP contribution < -0.4 is 0 Å². The van der Waals surface area contributed by atoms with Gasteiger partial charge < -0.3 is 0 Å². The van der Waals surface area contributed by atoms with E-state index in [0.29, 0.717) is 5.56 Å². The van der Waals surface area contributed by atoms with Gasteiger partial charge >= 0.3 is 0 Å². The molecule has 2 nitrogen and oxygen atoms in total. The van der Waals surface area contributed by atoms with E-state index in [9.17, 15) is 4.79 Å². The van der Waals surface area contributed by atoms with Crippen molar-refractivity contribution >= 4 is 16.7 Å². The standard InChI is InChI=1S/C14H11NO/c1-2-3-9-14(16)12-6-4-8-13-11(12)7-5-10-15-13/h4-8,10H,9H2,1H3. The van der Waals surface area contributed by atoms with Crippen LogP contribution in [-0.2, 0) is 0 Å². The number of carbonyl (C=O) groups is 1. The van der Waals surface area contributed by atoms with Crippen LogP contribution in [0.3, 0.4) is 0 Å². The summed E-state index contributed by atoms with van der Waals surface area (Å²) in [4.78, 5) is 16.1. The Bertz CT molecular complexity index is 585. The molecular formula is C14H11NO. The molecule has 0 aliphatic carbocycles. The molecule has 0 saturated heterocycles. The van der Waals surface area contributed by atoms with Crippen molar-refractivity contribution in [2.45, 2.75) is 13.3 Å². The van der Waals surface area contributed by atoms with Crippen LogP contribution in [0.2, 0.25) is 0 Å². The number of hydrogen-bond acceptors (Lipinski definition) is 2. The van der Waals surface area contributed by atoms with Crippen molar-refractivity contribution in [3.8, 4) is 11.8 Å². The zero-order valence-corrected chi connectivity index (χ0v) is 9.03. The van der Waals surface area contributed by atoms with Gasteiger partial charge in [0.15, 0.2) is 5.78 Å². The molecule has 0 radical (unpaired) electrons. The second kappa shape index (κ2) is 4.59. The third kappa shape index (κ3) is 1.94. The fraction of sp³-hybridized carbons (Fsp3) is 0.143. The zero-order valence-electron chi connectivity index (χ0n) is 9.03. The Labute approximate surface area is 94.3 Å². The number of Topliss-reactive ketones (excluding diaryl/α,β-unsaturated/α-hetero) is 1. The molecule has 0 bridgehead atoms. The van der Waals surface area contributed by atoms with E-state index < -0.39 is 0 Å². The molecular weight excluding hydrogens is 198 g/mol. The van der Waals surface area contributed by atoms with Gasteiger partial charge in [-0.15, -0.1) is 5.92 Å². The van der Waals surface area contributed by atoms with E-state index in [2.05, 4.69) is 16.8 Å². The van der Waals surface area contributed by atoms with Crippen LogP contribution in [0.25, 0.3) is 10.9 Å². The minimum atomic E-state index is 0.0490. The summed E-state index contributed by atoms with van der Waals surface area (Å²) in [5, 5.41) is 0.896. The second-order valence-corrected chi connectivity index (χ2v) is 3.40. The first-order chi connectivity index (χ1) is 7.83. The minimum absolute atomic E-state index is 0.0490. The predicted octanol–water partition coefficient (Wildman–Crippen LogP) is 2.83. The molecule has 0 unspecified atom stereocenters. The summed E-state index contributed by atoms with van der Waals surface area (Å²) in [5.74, 6) is 5.57. The molecule has 0 atom stereocenters. The number of carbonyl (C=O) groups excluding carboxylic acids is 1. The van der Waals surface area contributed by atoms with Gasteiger partial charge in [0.1, 0.15) is 0 Å². The van der Waals surface area contributed by atoms with E-state index in [-0.39, 0.29) is 12.2 Å². The number of rotatable bonds is 2. The first-order valence-electron chi connectivity index (χ1n) is 5.09. The minimum Gasteiger partial charge on any atom is -0.293 e. The van der Waals surface area contributed by atoms with Gasteiger partial charge in [0, 0.05) is 17.1 Å². The third-order valence-electron chi connectivity index (χ3n) is 2.37. The normalized spacial score (nSPS) is 9.56. The highest BCUT2D eigenvalue weighted by Crippen LogP contribution is 2.17. The van der Waals surface area contributed by atoms with Crippen LogP contribution in [0.15, 0.2) is 36.5 Å². The highest BCUT2D eigenvalue weighted by molar-refractivity contribution is 6.08. The molecule has 2 rings (SSSR count). The van der Waals surface area contributed by atoms with Crippen LogP contribution in [0.1, 0.15) is 23.7 Å². The van der Waals surface area contributed by atoms with Gasteiger partial charge in [-0.1, -0.05) is 24.1 Å². The maximum absolute atomic E-state index is 11.9. The highest BCUT2D eigenvalue weighted by atomic mass is 16.1. The fourth-order valence-corrected chi connectivity index (χ4v) is 1.61. The largest absolute Gasteiger partial charge is 0.293 e. The second-order valence-electron chi connectivity index (χ2n) is 3.40. The summed E-state index contributed by atoms with van der Waals surface area (Å²) < 4.78 is 0. The average Bonchev–Trinajstić information content (AvgIpc) is 2.35. The molecule has 0 fully saturated rings.